The lowest BCUT2D eigenvalue weighted by molar-refractivity contribution is -0.111. The number of rotatable bonds is 8. The maximum Gasteiger partial charge on any atom is 0.247 e. The summed E-state index contributed by atoms with van der Waals surface area (Å²) in [4.78, 5) is 22.7. The van der Waals surface area contributed by atoms with Crippen molar-refractivity contribution in [1.29, 1.82) is 0 Å². The molecule has 2 aromatic carbocycles. The van der Waals surface area contributed by atoms with E-state index in [1.54, 1.807) is 42.5 Å². The van der Waals surface area contributed by atoms with Crippen molar-refractivity contribution in [2.45, 2.75) is 12.8 Å². The van der Waals surface area contributed by atoms with Crippen LogP contribution in [0.5, 0.6) is 0 Å². The molecule has 0 atom stereocenters. The lowest BCUT2D eigenvalue weighted by atomic mass is 10.1. The Balaban J connectivity index is 1.52. The monoisotopic (exact) mass is 516 g/mol. The first-order chi connectivity index (χ1) is 18.4. The summed E-state index contributed by atoms with van der Waals surface area (Å²) in [6, 6.07) is 9.07. The number of amides is 1. The molecular weight excluding hydrogens is 490 g/mol. The number of benzene rings is 2. The molecule has 9 nitrogen and oxygen atoms in total. The van der Waals surface area contributed by atoms with Gasteiger partial charge in [-0.25, -0.2) is 13.8 Å². The number of hydrogen-bond donors (Lipinski definition) is 3. The highest BCUT2D eigenvalue weighted by Crippen LogP contribution is 2.34. The topological polar surface area (TPSA) is 100 Å². The Morgan fingerprint density at radius 1 is 1.03 bits per heavy atom. The summed E-state index contributed by atoms with van der Waals surface area (Å²) in [6.07, 6.45) is 8.10. The third-order valence-corrected chi connectivity index (χ3v) is 6.13. The summed E-state index contributed by atoms with van der Waals surface area (Å²) in [5.41, 5.74) is 2.63. The van der Waals surface area contributed by atoms with Gasteiger partial charge in [-0.15, -0.1) is 0 Å². The number of halogens is 2. The fraction of sp³-hybridized carbons (Fsp3) is 0.185. The van der Waals surface area contributed by atoms with E-state index in [2.05, 4.69) is 37.6 Å². The van der Waals surface area contributed by atoms with E-state index in [1.807, 2.05) is 4.90 Å². The van der Waals surface area contributed by atoms with E-state index in [4.69, 9.17) is 0 Å². The van der Waals surface area contributed by atoms with Gasteiger partial charge in [0.2, 0.25) is 11.9 Å². The summed E-state index contributed by atoms with van der Waals surface area (Å²) >= 11 is 0. The maximum absolute atomic E-state index is 15.2. The van der Waals surface area contributed by atoms with E-state index in [-0.39, 0.29) is 23.3 Å². The van der Waals surface area contributed by atoms with Gasteiger partial charge >= 0.3 is 0 Å². The zero-order chi connectivity index (χ0) is 26.6. The average molecular weight is 517 g/mol. The van der Waals surface area contributed by atoms with Crippen molar-refractivity contribution in [3.63, 3.8) is 0 Å². The van der Waals surface area contributed by atoms with Crippen molar-refractivity contribution in [2.75, 3.05) is 33.9 Å². The van der Waals surface area contributed by atoms with Crippen LogP contribution in [0.1, 0.15) is 12.8 Å². The van der Waals surface area contributed by atoms with Gasteiger partial charge in [0, 0.05) is 43.8 Å². The highest BCUT2D eigenvalue weighted by molar-refractivity contribution is 5.99. The fourth-order valence-electron chi connectivity index (χ4n) is 4.27. The molecule has 1 aliphatic heterocycles. The molecule has 2 aromatic heterocycles. The summed E-state index contributed by atoms with van der Waals surface area (Å²) in [5.74, 6) is -0.876. The summed E-state index contributed by atoms with van der Waals surface area (Å²) in [7, 11) is 1.78. The number of aromatic nitrogens is 4. The molecule has 0 unspecified atom stereocenters. The van der Waals surface area contributed by atoms with Crippen molar-refractivity contribution in [2.24, 2.45) is 7.05 Å². The van der Waals surface area contributed by atoms with Gasteiger partial charge in [-0.2, -0.15) is 10.1 Å². The van der Waals surface area contributed by atoms with E-state index in [1.165, 1.54) is 24.3 Å². The second-order valence-electron chi connectivity index (χ2n) is 8.86. The van der Waals surface area contributed by atoms with Gasteiger partial charge < -0.3 is 20.9 Å². The van der Waals surface area contributed by atoms with E-state index >= 15 is 4.39 Å². The highest BCUT2D eigenvalue weighted by atomic mass is 19.1. The Hall–Kier alpha value is -4.80. The molecule has 194 valence electrons. The minimum Gasteiger partial charge on any atom is -0.369 e. The first-order valence-electron chi connectivity index (χ1n) is 12.1. The van der Waals surface area contributed by atoms with Crippen LogP contribution in [-0.4, -0.2) is 38.7 Å². The van der Waals surface area contributed by atoms with Gasteiger partial charge in [0.1, 0.15) is 17.5 Å². The molecule has 38 heavy (non-hydrogen) atoms. The van der Waals surface area contributed by atoms with Crippen molar-refractivity contribution < 1.29 is 13.6 Å². The zero-order valence-electron chi connectivity index (χ0n) is 20.7. The molecule has 4 aromatic rings. The Morgan fingerprint density at radius 3 is 2.55 bits per heavy atom. The molecule has 0 aliphatic carbocycles. The first kappa shape index (κ1) is 24.9. The van der Waals surface area contributed by atoms with Crippen LogP contribution >= 0.6 is 0 Å². The highest BCUT2D eigenvalue weighted by Gasteiger charge is 2.19. The van der Waals surface area contributed by atoms with Crippen LogP contribution in [0.2, 0.25) is 0 Å². The van der Waals surface area contributed by atoms with Gasteiger partial charge in [0.15, 0.2) is 0 Å². The van der Waals surface area contributed by atoms with Gasteiger partial charge in [-0.05, 0) is 54.8 Å². The Kier molecular flexibility index (Phi) is 6.98. The van der Waals surface area contributed by atoms with Crippen molar-refractivity contribution in [3.8, 4) is 11.1 Å². The minimum atomic E-state index is -0.566. The predicted octanol–water partition coefficient (Wildman–Crippen LogP) is 5.37. The first-order valence-corrected chi connectivity index (χ1v) is 12.1. The Morgan fingerprint density at radius 2 is 1.84 bits per heavy atom. The fourth-order valence-corrected chi connectivity index (χ4v) is 4.27. The molecular formula is C27H26F2N8O. The SMILES string of the molecule is C=CC(=O)Nc1ccc(F)c(Nc2nc(Nc3cnn(C)c3)ncc2-c2ccc(N3CCCC3)c(F)c2)c1. The smallest absolute Gasteiger partial charge is 0.247 e. The third kappa shape index (κ3) is 5.46. The molecule has 1 fully saturated rings. The van der Waals surface area contributed by atoms with Crippen LogP contribution in [0.25, 0.3) is 11.1 Å². The van der Waals surface area contributed by atoms with Gasteiger partial charge in [0.05, 0.1) is 23.3 Å². The number of aryl methyl sites for hydroxylation is 1. The Labute approximate surface area is 218 Å². The third-order valence-electron chi connectivity index (χ3n) is 6.13. The van der Waals surface area contributed by atoms with E-state index < -0.39 is 11.7 Å². The standard InChI is InChI=1S/C27H26F2N8O/c1-3-25(38)32-18-7-8-21(28)23(13-18)34-26-20(15-30-27(35-26)33-19-14-31-36(2)16-19)17-6-9-24(22(29)12-17)37-10-4-5-11-37/h3,6-9,12-16H,1,4-5,10-11H2,2H3,(H,32,38)(H2,30,33,34,35). The largest absolute Gasteiger partial charge is 0.369 e. The normalized spacial score (nSPS) is 12.9. The van der Waals surface area contributed by atoms with Crippen LogP contribution < -0.4 is 20.9 Å². The summed E-state index contributed by atoms with van der Waals surface area (Å²) in [5, 5.41) is 12.8. The van der Waals surface area contributed by atoms with Crippen molar-refractivity contribution in [1.82, 2.24) is 19.7 Å². The Bertz CT molecular complexity index is 1500. The molecule has 1 saturated heterocycles. The van der Waals surface area contributed by atoms with Crippen molar-refractivity contribution >= 4 is 40.4 Å². The molecule has 1 aliphatic rings. The molecule has 5 rings (SSSR count). The van der Waals surface area contributed by atoms with E-state index in [0.29, 0.717) is 28.2 Å². The lowest BCUT2D eigenvalue weighted by Gasteiger charge is -2.19. The van der Waals surface area contributed by atoms with Gasteiger partial charge in [-0.1, -0.05) is 12.6 Å². The van der Waals surface area contributed by atoms with Crippen LogP contribution in [0.3, 0.4) is 0 Å². The second-order valence-corrected chi connectivity index (χ2v) is 8.86. The van der Waals surface area contributed by atoms with Crippen LogP contribution in [0.15, 0.2) is 67.6 Å². The van der Waals surface area contributed by atoms with Gasteiger partial charge in [0.25, 0.3) is 0 Å². The number of carbonyl (C=O) groups is 1. The molecule has 1 amide bonds. The molecule has 11 heteroatoms. The predicted molar refractivity (Wildman–Crippen MR) is 144 cm³/mol. The molecule has 0 saturated carbocycles. The molecule has 0 radical (unpaired) electrons. The summed E-state index contributed by atoms with van der Waals surface area (Å²) in [6.45, 7) is 5.07. The van der Waals surface area contributed by atoms with Crippen LogP contribution in [0, 0.1) is 11.6 Å². The number of carbonyl (C=O) groups excluding carboxylic acids is 1. The zero-order valence-corrected chi connectivity index (χ0v) is 20.7. The number of hydrogen-bond acceptors (Lipinski definition) is 7. The number of nitrogens with zero attached hydrogens (tertiary/aromatic N) is 5. The minimum absolute atomic E-state index is 0.0632. The van der Waals surface area contributed by atoms with E-state index in [9.17, 15) is 9.18 Å². The quantitative estimate of drug-likeness (QED) is 0.271. The summed E-state index contributed by atoms with van der Waals surface area (Å²) < 4.78 is 31.6. The lowest BCUT2D eigenvalue weighted by Crippen LogP contribution is -2.18. The van der Waals surface area contributed by atoms with E-state index in [0.717, 1.165) is 32.0 Å². The van der Waals surface area contributed by atoms with Crippen molar-refractivity contribution in [3.05, 3.63) is 79.3 Å². The van der Waals surface area contributed by atoms with Gasteiger partial charge in [-0.3, -0.25) is 9.48 Å². The van der Waals surface area contributed by atoms with Crippen LogP contribution in [-0.2, 0) is 11.8 Å². The number of anilines is 6. The molecule has 3 heterocycles. The second kappa shape index (κ2) is 10.7. The molecule has 0 spiro atoms. The molecule has 3 N–H and O–H groups in total. The number of nitrogens with one attached hydrogen (secondary N) is 3. The average Bonchev–Trinajstić information content (AvgIpc) is 3.58. The maximum atomic E-state index is 15.2. The van der Waals surface area contributed by atoms with Crippen LogP contribution in [0.4, 0.5) is 43.3 Å². The molecule has 0 bridgehead atoms.